The lowest BCUT2D eigenvalue weighted by Gasteiger charge is -2.29. The van der Waals surface area contributed by atoms with Gasteiger partial charge in [-0.1, -0.05) is 23.7 Å². The second kappa shape index (κ2) is 6.70. The molecule has 2 fully saturated rings. The minimum Gasteiger partial charge on any atom is -0.378 e. The van der Waals surface area contributed by atoms with Crippen molar-refractivity contribution in [1.29, 1.82) is 0 Å². The van der Waals surface area contributed by atoms with Crippen LogP contribution in [0.4, 0.5) is 11.4 Å². The monoisotopic (exact) mass is 356 g/mol. The molecule has 2 aromatic rings. The SMILES string of the molecule is O=C(Nc1ccc(N2CCOCC2)cc1)C1(c2ccc(Cl)cc2)CC1. The molecule has 4 rings (SSSR count). The summed E-state index contributed by atoms with van der Waals surface area (Å²) in [5.74, 6) is 0.0638. The quantitative estimate of drug-likeness (QED) is 0.904. The predicted octanol–water partition coefficient (Wildman–Crippen LogP) is 3.85. The van der Waals surface area contributed by atoms with Crippen LogP contribution in [0.2, 0.25) is 5.02 Å². The number of nitrogens with zero attached hydrogens (tertiary/aromatic N) is 1. The van der Waals surface area contributed by atoms with Gasteiger partial charge in [0.15, 0.2) is 0 Å². The van der Waals surface area contributed by atoms with Crippen molar-refractivity contribution < 1.29 is 9.53 Å². The van der Waals surface area contributed by atoms with Gasteiger partial charge in [0.1, 0.15) is 0 Å². The molecule has 0 aromatic heterocycles. The molecular formula is C20H21ClN2O2. The van der Waals surface area contributed by atoms with Crippen molar-refractivity contribution in [3.05, 3.63) is 59.1 Å². The average molecular weight is 357 g/mol. The van der Waals surface area contributed by atoms with Crippen molar-refractivity contribution >= 4 is 28.9 Å². The van der Waals surface area contributed by atoms with Crippen LogP contribution in [-0.4, -0.2) is 32.2 Å². The highest BCUT2D eigenvalue weighted by atomic mass is 35.5. The van der Waals surface area contributed by atoms with Crippen LogP contribution in [0.5, 0.6) is 0 Å². The van der Waals surface area contributed by atoms with Gasteiger partial charge in [-0.15, -0.1) is 0 Å². The summed E-state index contributed by atoms with van der Waals surface area (Å²) < 4.78 is 5.38. The maximum absolute atomic E-state index is 12.8. The predicted molar refractivity (Wildman–Crippen MR) is 100 cm³/mol. The van der Waals surface area contributed by atoms with E-state index in [4.69, 9.17) is 16.3 Å². The minimum atomic E-state index is -0.395. The van der Waals surface area contributed by atoms with Gasteiger partial charge >= 0.3 is 0 Å². The number of carbonyl (C=O) groups excluding carboxylic acids is 1. The molecule has 1 aliphatic heterocycles. The normalized spacial score (nSPS) is 18.7. The number of amides is 1. The molecule has 2 aromatic carbocycles. The lowest BCUT2D eigenvalue weighted by atomic mass is 9.95. The highest BCUT2D eigenvalue weighted by Gasteiger charge is 2.51. The van der Waals surface area contributed by atoms with Gasteiger partial charge in [-0.2, -0.15) is 0 Å². The highest BCUT2D eigenvalue weighted by molar-refractivity contribution is 6.30. The number of nitrogens with one attached hydrogen (secondary N) is 1. The van der Waals surface area contributed by atoms with Crippen LogP contribution < -0.4 is 10.2 Å². The summed E-state index contributed by atoms with van der Waals surface area (Å²) in [5, 5.41) is 3.77. The molecule has 0 radical (unpaired) electrons. The zero-order chi connectivity index (χ0) is 17.3. The van der Waals surface area contributed by atoms with Gasteiger partial charge in [-0.3, -0.25) is 4.79 Å². The number of hydrogen-bond donors (Lipinski definition) is 1. The topological polar surface area (TPSA) is 41.6 Å². The van der Waals surface area contributed by atoms with Crippen LogP contribution >= 0.6 is 11.6 Å². The van der Waals surface area contributed by atoms with Crippen molar-refractivity contribution in [2.45, 2.75) is 18.3 Å². The van der Waals surface area contributed by atoms with Gasteiger partial charge < -0.3 is 15.0 Å². The van der Waals surface area contributed by atoms with Crippen LogP contribution in [-0.2, 0) is 14.9 Å². The minimum absolute atomic E-state index is 0.0638. The van der Waals surface area contributed by atoms with E-state index in [1.165, 1.54) is 5.69 Å². The van der Waals surface area contributed by atoms with E-state index in [2.05, 4.69) is 22.3 Å². The number of rotatable bonds is 4. The zero-order valence-corrected chi connectivity index (χ0v) is 14.8. The smallest absolute Gasteiger partial charge is 0.235 e. The standard InChI is InChI=1S/C20H21ClN2O2/c21-16-3-1-15(2-4-16)20(9-10-20)19(24)22-17-5-7-18(8-6-17)23-11-13-25-14-12-23/h1-8H,9-14H2,(H,22,24). The zero-order valence-electron chi connectivity index (χ0n) is 14.0. The molecule has 0 bridgehead atoms. The molecule has 1 saturated heterocycles. The van der Waals surface area contributed by atoms with Gasteiger partial charge in [0.2, 0.25) is 5.91 Å². The van der Waals surface area contributed by atoms with Crippen molar-refractivity contribution in [2.24, 2.45) is 0 Å². The molecule has 130 valence electrons. The fourth-order valence-corrected chi connectivity index (χ4v) is 3.49. The van der Waals surface area contributed by atoms with Crippen LogP contribution in [0.15, 0.2) is 48.5 Å². The summed E-state index contributed by atoms with van der Waals surface area (Å²) in [7, 11) is 0. The van der Waals surface area contributed by atoms with E-state index in [0.29, 0.717) is 5.02 Å². The molecule has 1 aliphatic carbocycles. The first-order valence-corrected chi connectivity index (χ1v) is 9.05. The maximum atomic E-state index is 12.8. The number of halogens is 1. The Morgan fingerprint density at radius 3 is 2.24 bits per heavy atom. The molecule has 25 heavy (non-hydrogen) atoms. The van der Waals surface area contributed by atoms with Crippen molar-refractivity contribution in [3.8, 4) is 0 Å². The largest absolute Gasteiger partial charge is 0.378 e. The Morgan fingerprint density at radius 1 is 1.00 bits per heavy atom. The van der Waals surface area contributed by atoms with E-state index in [1.807, 2.05) is 36.4 Å². The Hall–Kier alpha value is -2.04. The summed E-state index contributed by atoms with van der Waals surface area (Å²) in [6.45, 7) is 3.35. The summed E-state index contributed by atoms with van der Waals surface area (Å²) in [6, 6.07) is 15.7. The van der Waals surface area contributed by atoms with Crippen LogP contribution in [0.3, 0.4) is 0 Å². The lowest BCUT2D eigenvalue weighted by molar-refractivity contribution is -0.118. The number of carbonyl (C=O) groups is 1. The maximum Gasteiger partial charge on any atom is 0.235 e. The third-order valence-corrected chi connectivity index (χ3v) is 5.33. The van der Waals surface area contributed by atoms with Gasteiger partial charge in [0, 0.05) is 29.5 Å². The van der Waals surface area contributed by atoms with E-state index in [0.717, 1.165) is 50.4 Å². The van der Waals surface area contributed by atoms with E-state index in [-0.39, 0.29) is 5.91 Å². The van der Waals surface area contributed by atoms with Gasteiger partial charge in [0.05, 0.1) is 18.6 Å². The summed E-state index contributed by atoms with van der Waals surface area (Å²) >= 11 is 5.96. The number of morpholine rings is 1. The number of hydrogen-bond acceptors (Lipinski definition) is 3. The van der Waals surface area contributed by atoms with E-state index >= 15 is 0 Å². The molecule has 1 heterocycles. The fourth-order valence-electron chi connectivity index (χ4n) is 3.37. The summed E-state index contributed by atoms with van der Waals surface area (Å²) in [6.07, 6.45) is 1.76. The first-order valence-electron chi connectivity index (χ1n) is 8.68. The van der Waals surface area contributed by atoms with Gasteiger partial charge in [-0.05, 0) is 54.8 Å². The molecule has 0 unspecified atom stereocenters. The number of benzene rings is 2. The third kappa shape index (κ3) is 3.37. The molecule has 0 spiro atoms. The Bertz CT molecular complexity index is 748. The van der Waals surface area contributed by atoms with E-state index < -0.39 is 5.41 Å². The molecular weight excluding hydrogens is 336 g/mol. The molecule has 1 amide bonds. The van der Waals surface area contributed by atoms with Crippen LogP contribution in [0.25, 0.3) is 0 Å². The van der Waals surface area contributed by atoms with Crippen molar-refractivity contribution in [2.75, 3.05) is 36.5 Å². The molecule has 0 atom stereocenters. The number of anilines is 2. The Balaban J connectivity index is 1.44. The molecule has 4 nitrogen and oxygen atoms in total. The second-order valence-electron chi connectivity index (χ2n) is 6.69. The number of ether oxygens (including phenoxy) is 1. The van der Waals surface area contributed by atoms with Crippen molar-refractivity contribution in [3.63, 3.8) is 0 Å². The van der Waals surface area contributed by atoms with E-state index in [9.17, 15) is 4.79 Å². The molecule has 5 heteroatoms. The van der Waals surface area contributed by atoms with Crippen LogP contribution in [0.1, 0.15) is 18.4 Å². The Kier molecular flexibility index (Phi) is 4.40. The Morgan fingerprint density at radius 2 is 1.64 bits per heavy atom. The van der Waals surface area contributed by atoms with Gasteiger partial charge in [-0.25, -0.2) is 0 Å². The first kappa shape index (κ1) is 16.4. The lowest BCUT2D eigenvalue weighted by Crippen LogP contribution is -2.36. The highest BCUT2D eigenvalue weighted by Crippen LogP contribution is 2.49. The third-order valence-electron chi connectivity index (χ3n) is 5.08. The fraction of sp³-hybridized carbons (Fsp3) is 0.350. The Labute approximate surface area is 152 Å². The van der Waals surface area contributed by atoms with Crippen LogP contribution in [0, 0.1) is 0 Å². The first-order chi connectivity index (χ1) is 12.2. The van der Waals surface area contributed by atoms with Gasteiger partial charge in [0.25, 0.3) is 0 Å². The molecule has 1 saturated carbocycles. The second-order valence-corrected chi connectivity index (χ2v) is 7.13. The summed E-state index contributed by atoms with van der Waals surface area (Å²) in [4.78, 5) is 15.1. The van der Waals surface area contributed by atoms with Crippen molar-refractivity contribution in [1.82, 2.24) is 0 Å². The molecule has 2 aliphatic rings. The summed E-state index contributed by atoms with van der Waals surface area (Å²) in [5.41, 5.74) is 2.65. The molecule has 1 N–H and O–H groups in total. The average Bonchev–Trinajstić information content (AvgIpc) is 3.46. The van der Waals surface area contributed by atoms with E-state index in [1.54, 1.807) is 0 Å².